The van der Waals surface area contributed by atoms with E-state index in [1.54, 1.807) is 7.11 Å². The molecule has 0 bridgehead atoms. The second-order valence-corrected chi connectivity index (χ2v) is 6.68. The van der Waals surface area contributed by atoms with Crippen LogP contribution in [0.3, 0.4) is 0 Å². The number of rotatable bonds is 6. The first-order valence-electron chi connectivity index (χ1n) is 9.29. The van der Waals surface area contributed by atoms with Crippen molar-refractivity contribution in [2.75, 3.05) is 13.7 Å². The summed E-state index contributed by atoms with van der Waals surface area (Å²) in [6.07, 6.45) is 1.76. The highest BCUT2D eigenvalue weighted by Gasteiger charge is 2.19. The van der Waals surface area contributed by atoms with Crippen molar-refractivity contribution in [2.24, 2.45) is 4.99 Å². The minimum absolute atomic E-state index is 0.529. The third-order valence-corrected chi connectivity index (χ3v) is 4.84. The zero-order valence-electron chi connectivity index (χ0n) is 15.5. The fourth-order valence-corrected chi connectivity index (χ4v) is 3.42. The van der Waals surface area contributed by atoms with Crippen LogP contribution in [0.5, 0.6) is 11.5 Å². The number of methoxy groups -OCH3 is 1. The van der Waals surface area contributed by atoms with Crippen molar-refractivity contribution in [3.05, 3.63) is 95.1 Å². The molecule has 0 aromatic heterocycles. The van der Waals surface area contributed by atoms with Gasteiger partial charge in [-0.3, -0.25) is 4.99 Å². The number of benzene rings is 3. The monoisotopic (exact) mass is 357 g/mol. The molecule has 0 N–H and O–H groups in total. The Kier molecular flexibility index (Phi) is 5.20. The SMILES string of the molecule is COc1cc2c(cc1OCc1ccccc1)CCN=C2Cc1ccccc1. The van der Waals surface area contributed by atoms with Gasteiger partial charge in [0.1, 0.15) is 6.61 Å². The standard InChI is InChI=1S/C24H23NO2/c1-26-23-16-21-20(15-24(23)27-17-19-10-6-3-7-11-19)12-13-25-22(21)14-18-8-4-2-5-9-18/h2-11,15-16H,12-14,17H2,1H3. The predicted octanol–water partition coefficient (Wildman–Crippen LogP) is 4.86. The van der Waals surface area contributed by atoms with Crippen LogP contribution in [0.2, 0.25) is 0 Å². The molecule has 0 atom stereocenters. The average molecular weight is 357 g/mol. The van der Waals surface area contributed by atoms with Crippen molar-refractivity contribution in [1.29, 1.82) is 0 Å². The number of ether oxygens (including phenoxy) is 2. The Morgan fingerprint density at radius 3 is 2.26 bits per heavy atom. The lowest BCUT2D eigenvalue weighted by atomic mass is 9.93. The van der Waals surface area contributed by atoms with Crippen molar-refractivity contribution >= 4 is 5.71 Å². The molecule has 0 radical (unpaired) electrons. The average Bonchev–Trinajstić information content (AvgIpc) is 2.73. The van der Waals surface area contributed by atoms with Crippen LogP contribution in [0.4, 0.5) is 0 Å². The molecule has 0 unspecified atom stereocenters. The minimum Gasteiger partial charge on any atom is -0.493 e. The van der Waals surface area contributed by atoms with E-state index >= 15 is 0 Å². The molecule has 3 nitrogen and oxygen atoms in total. The summed E-state index contributed by atoms with van der Waals surface area (Å²) in [5.41, 5.74) is 5.99. The van der Waals surface area contributed by atoms with Crippen molar-refractivity contribution < 1.29 is 9.47 Å². The smallest absolute Gasteiger partial charge is 0.161 e. The van der Waals surface area contributed by atoms with Crippen LogP contribution in [-0.2, 0) is 19.4 Å². The maximum Gasteiger partial charge on any atom is 0.161 e. The highest BCUT2D eigenvalue weighted by molar-refractivity contribution is 6.04. The molecule has 0 spiro atoms. The van der Waals surface area contributed by atoms with Gasteiger partial charge >= 0.3 is 0 Å². The Labute approximate surface area is 160 Å². The number of hydrogen-bond donors (Lipinski definition) is 0. The normalized spacial score (nSPS) is 12.9. The quantitative estimate of drug-likeness (QED) is 0.631. The summed E-state index contributed by atoms with van der Waals surface area (Å²) in [4.78, 5) is 4.79. The molecule has 0 amide bonds. The van der Waals surface area contributed by atoms with E-state index < -0.39 is 0 Å². The molecular formula is C24H23NO2. The van der Waals surface area contributed by atoms with Gasteiger partial charge in [-0.25, -0.2) is 0 Å². The van der Waals surface area contributed by atoms with Gasteiger partial charge in [0.05, 0.1) is 7.11 Å². The summed E-state index contributed by atoms with van der Waals surface area (Å²) in [7, 11) is 1.69. The van der Waals surface area contributed by atoms with Crippen LogP contribution < -0.4 is 9.47 Å². The first-order chi connectivity index (χ1) is 13.3. The van der Waals surface area contributed by atoms with Crippen LogP contribution in [0, 0.1) is 0 Å². The number of nitrogens with zero attached hydrogens (tertiary/aromatic N) is 1. The summed E-state index contributed by atoms with van der Waals surface area (Å²) in [5.74, 6) is 1.55. The fourth-order valence-electron chi connectivity index (χ4n) is 3.42. The molecule has 27 heavy (non-hydrogen) atoms. The minimum atomic E-state index is 0.529. The predicted molar refractivity (Wildman–Crippen MR) is 109 cm³/mol. The van der Waals surface area contributed by atoms with Gasteiger partial charge in [-0.1, -0.05) is 60.7 Å². The molecule has 0 saturated carbocycles. The summed E-state index contributed by atoms with van der Waals surface area (Å²) >= 11 is 0. The van der Waals surface area contributed by atoms with Crippen LogP contribution in [0.15, 0.2) is 77.8 Å². The maximum atomic E-state index is 6.07. The third kappa shape index (κ3) is 4.03. The zero-order chi connectivity index (χ0) is 18.5. The molecule has 3 heteroatoms. The van der Waals surface area contributed by atoms with Gasteiger partial charge in [0.25, 0.3) is 0 Å². The lowest BCUT2D eigenvalue weighted by Gasteiger charge is -2.20. The Morgan fingerprint density at radius 2 is 1.56 bits per heavy atom. The van der Waals surface area contributed by atoms with Crippen molar-refractivity contribution in [3.8, 4) is 11.5 Å². The van der Waals surface area contributed by atoms with Gasteiger partial charge in [0.15, 0.2) is 11.5 Å². The summed E-state index contributed by atoms with van der Waals surface area (Å²) in [6.45, 7) is 1.35. The molecular weight excluding hydrogens is 334 g/mol. The highest BCUT2D eigenvalue weighted by atomic mass is 16.5. The second kappa shape index (κ2) is 8.09. The van der Waals surface area contributed by atoms with E-state index in [1.165, 1.54) is 16.7 Å². The van der Waals surface area contributed by atoms with E-state index in [-0.39, 0.29) is 0 Å². The highest BCUT2D eigenvalue weighted by Crippen LogP contribution is 2.34. The Hall–Kier alpha value is -3.07. The summed E-state index contributed by atoms with van der Waals surface area (Å²) in [5, 5.41) is 0. The second-order valence-electron chi connectivity index (χ2n) is 6.68. The lowest BCUT2D eigenvalue weighted by molar-refractivity contribution is 0.284. The number of hydrogen-bond acceptors (Lipinski definition) is 3. The summed E-state index contributed by atoms with van der Waals surface area (Å²) < 4.78 is 11.7. The molecule has 4 rings (SSSR count). The van der Waals surface area contributed by atoms with Crippen LogP contribution in [-0.4, -0.2) is 19.4 Å². The molecule has 3 aromatic carbocycles. The molecule has 1 aliphatic rings. The molecule has 0 aliphatic carbocycles. The van der Waals surface area contributed by atoms with Gasteiger partial charge in [-0.15, -0.1) is 0 Å². The van der Waals surface area contributed by atoms with Crippen molar-refractivity contribution in [1.82, 2.24) is 0 Å². The van der Waals surface area contributed by atoms with E-state index in [9.17, 15) is 0 Å². The van der Waals surface area contributed by atoms with Crippen molar-refractivity contribution in [2.45, 2.75) is 19.4 Å². The van der Waals surface area contributed by atoms with Gasteiger partial charge < -0.3 is 9.47 Å². The molecule has 1 heterocycles. The Balaban J connectivity index is 1.59. The van der Waals surface area contributed by atoms with Gasteiger partial charge in [0, 0.05) is 24.2 Å². The number of aliphatic imine (C=N–C) groups is 1. The van der Waals surface area contributed by atoms with Crippen molar-refractivity contribution in [3.63, 3.8) is 0 Å². The molecule has 3 aromatic rings. The topological polar surface area (TPSA) is 30.8 Å². The Morgan fingerprint density at radius 1 is 0.852 bits per heavy atom. The number of fused-ring (bicyclic) bond motifs is 1. The molecule has 0 saturated heterocycles. The fraction of sp³-hybridized carbons (Fsp3) is 0.208. The Bertz CT molecular complexity index is 933. The zero-order valence-corrected chi connectivity index (χ0v) is 15.5. The first kappa shape index (κ1) is 17.3. The molecule has 136 valence electrons. The first-order valence-corrected chi connectivity index (χ1v) is 9.29. The van der Waals surface area contributed by atoms with Gasteiger partial charge in [-0.05, 0) is 35.2 Å². The molecule has 1 aliphatic heterocycles. The van der Waals surface area contributed by atoms with Crippen LogP contribution in [0.1, 0.15) is 22.3 Å². The summed E-state index contributed by atoms with van der Waals surface area (Å²) in [6, 6.07) is 24.9. The van der Waals surface area contributed by atoms with E-state index in [4.69, 9.17) is 14.5 Å². The van der Waals surface area contributed by atoms with E-state index in [2.05, 4.69) is 48.5 Å². The van der Waals surface area contributed by atoms with E-state index in [0.29, 0.717) is 6.61 Å². The van der Waals surface area contributed by atoms with Gasteiger partial charge in [-0.2, -0.15) is 0 Å². The molecule has 0 fully saturated rings. The third-order valence-electron chi connectivity index (χ3n) is 4.84. The van der Waals surface area contributed by atoms with E-state index in [1.807, 2.05) is 24.3 Å². The maximum absolute atomic E-state index is 6.07. The van der Waals surface area contributed by atoms with Gasteiger partial charge in [0.2, 0.25) is 0 Å². The van der Waals surface area contributed by atoms with E-state index in [0.717, 1.165) is 42.2 Å². The lowest BCUT2D eigenvalue weighted by Crippen LogP contribution is -2.16. The largest absolute Gasteiger partial charge is 0.493 e. The van der Waals surface area contributed by atoms with Crippen LogP contribution in [0.25, 0.3) is 0 Å². The van der Waals surface area contributed by atoms with Crippen LogP contribution >= 0.6 is 0 Å².